The number of rotatable bonds is 2. The predicted octanol–water partition coefficient (Wildman–Crippen LogP) is 3.07. The molecule has 0 spiro atoms. The lowest BCUT2D eigenvalue weighted by Gasteiger charge is -2.42. The van der Waals surface area contributed by atoms with Gasteiger partial charge in [-0.25, -0.2) is 9.07 Å². The molecule has 1 unspecified atom stereocenters. The van der Waals surface area contributed by atoms with Gasteiger partial charge in [-0.05, 0) is 42.8 Å². The molecule has 24 heavy (non-hydrogen) atoms. The Labute approximate surface area is 142 Å². The lowest BCUT2D eigenvalue weighted by atomic mass is 9.96. The van der Waals surface area contributed by atoms with Gasteiger partial charge in [0.25, 0.3) is 0 Å². The highest BCUT2D eigenvalue weighted by Gasteiger charge is 2.41. The fourth-order valence-corrected chi connectivity index (χ4v) is 3.35. The molecular weight excluding hydrogens is 337 g/mol. The Kier molecular flexibility index (Phi) is 3.79. The van der Waals surface area contributed by atoms with E-state index in [1.54, 1.807) is 23.0 Å². The van der Waals surface area contributed by atoms with Gasteiger partial charge in [-0.15, -0.1) is 0 Å². The third kappa shape index (κ3) is 2.58. The summed E-state index contributed by atoms with van der Waals surface area (Å²) in [5, 5.41) is 3.77. The summed E-state index contributed by atoms with van der Waals surface area (Å²) in [5.74, 6) is -0.368. The van der Waals surface area contributed by atoms with E-state index in [0.717, 1.165) is 5.69 Å². The van der Waals surface area contributed by atoms with E-state index >= 15 is 0 Å². The predicted molar refractivity (Wildman–Crippen MR) is 84.7 cm³/mol. The average Bonchev–Trinajstić information content (AvgIpc) is 2.95. The van der Waals surface area contributed by atoms with Crippen LogP contribution in [0.1, 0.15) is 12.6 Å². The van der Waals surface area contributed by atoms with Crippen LogP contribution < -0.4 is 4.90 Å². The number of aromatic nitrogens is 2. The Bertz CT molecular complexity index is 773. The number of hydrogen-bond donors (Lipinski definition) is 0. The number of carbonyl (C=O) groups is 1. The van der Waals surface area contributed by atoms with Crippen molar-refractivity contribution >= 4 is 22.7 Å². The van der Waals surface area contributed by atoms with Crippen molar-refractivity contribution in [2.75, 3.05) is 11.4 Å². The number of fused-ring (bicyclic) bond motifs is 1. The molecule has 3 heterocycles. The van der Waals surface area contributed by atoms with Crippen molar-refractivity contribution in [1.29, 1.82) is 0 Å². The lowest BCUT2D eigenvalue weighted by Crippen LogP contribution is -2.51. The van der Waals surface area contributed by atoms with Crippen LogP contribution in [-0.4, -0.2) is 34.3 Å². The van der Waals surface area contributed by atoms with Gasteiger partial charge in [-0.2, -0.15) is 5.10 Å². The molecule has 126 valence electrons. The highest BCUT2D eigenvalue weighted by atomic mass is 35.5. The van der Waals surface area contributed by atoms with Crippen molar-refractivity contribution in [2.24, 2.45) is 5.92 Å². The summed E-state index contributed by atoms with van der Waals surface area (Å²) in [5.41, 5.74) is 2.19. The van der Waals surface area contributed by atoms with E-state index in [-0.39, 0.29) is 24.3 Å². The zero-order valence-corrected chi connectivity index (χ0v) is 13.6. The maximum Gasteiger partial charge on any atom is 0.320 e. The fourth-order valence-electron chi connectivity index (χ4n) is 3.19. The molecule has 0 radical (unpaired) electrons. The van der Waals surface area contributed by atoms with E-state index in [0.29, 0.717) is 24.3 Å². The van der Waals surface area contributed by atoms with Crippen molar-refractivity contribution in [3.05, 3.63) is 42.0 Å². The molecule has 8 heteroatoms. The van der Waals surface area contributed by atoms with Gasteiger partial charge >= 0.3 is 5.37 Å². The maximum atomic E-state index is 13.2. The monoisotopic (exact) mass is 351 g/mol. The molecule has 1 aromatic carbocycles. The highest BCUT2D eigenvalue weighted by molar-refractivity contribution is 6.66. The van der Waals surface area contributed by atoms with Crippen LogP contribution in [0.2, 0.25) is 0 Å². The van der Waals surface area contributed by atoms with Crippen molar-refractivity contribution in [1.82, 2.24) is 9.78 Å². The second-order valence-corrected chi connectivity index (χ2v) is 6.22. The van der Waals surface area contributed by atoms with E-state index < -0.39 is 5.37 Å². The molecule has 1 aromatic heterocycles. The summed E-state index contributed by atoms with van der Waals surface area (Å²) in [6.07, 6.45) is 1.60. The number of amides is 1. The first-order valence-corrected chi connectivity index (χ1v) is 8.01. The minimum absolute atomic E-state index is 0.0488. The Morgan fingerprint density at radius 2 is 2.04 bits per heavy atom. The molecule has 0 bridgehead atoms. The molecule has 2 aliphatic rings. The van der Waals surface area contributed by atoms with Crippen LogP contribution in [-0.2, 0) is 15.9 Å². The molecule has 4 rings (SSSR count). The molecule has 1 fully saturated rings. The molecular formula is C16H15ClFN3O3. The minimum Gasteiger partial charge on any atom is -0.324 e. The van der Waals surface area contributed by atoms with E-state index in [1.807, 2.05) is 6.92 Å². The average molecular weight is 352 g/mol. The first-order valence-electron chi connectivity index (χ1n) is 7.63. The van der Waals surface area contributed by atoms with Gasteiger partial charge in [0, 0.05) is 18.9 Å². The largest absolute Gasteiger partial charge is 0.324 e. The molecule has 0 N–H and O–H groups in total. The van der Waals surface area contributed by atoms with Gasteiger partial charge in [0.2, 0.25) is 0 Å². The van der Waals surface area contributed by atoms with E-state index in [2.05, 4.69) is 5.10 Å². The lowest BCUT2D eigenvalue weighted by molar-refractivity contribution is -0.391. The topological polar surface area (TPSA) is 56.6 Å². The Hall–Kier alpha value is -1.96. The molecule has 2 aliphatic heterocycles. The normalized spacial score (nSPS) is 26.0. The highest BCUT2D eigenvalue weighted by Crippen LogP contribution is 2.36. The second kappa shape index (κ2) is 5.84. The van der Waals surface area contributed by atoms with E-state index in [4.69, 9.17) is 21.1 Å². The van der Waals surface area contributed by atoms with Crippen LogP contribution in [0.5, 0.6) is 0 Å². The van der Waals surface area contributed by atoms with Crippen LogP contribution in [0.4, 0.5) is 14.9 Å². The number of hydrogen-bond acceptors (Lipinski definition) is 4. The molecule has 1 amide bonds. The van der Waals surface area contributed by atoms with Gasteiger partial charge in [-0.3, -0.25) is 9.69 Å². The Balaban J connectivity index is 1.71. The molecule has 1 saturated heterocycles. The number of nitrogens with zero attached hydrogens (tertiary/aromatic N) is 3. The second-order valence-electron chi connectivity index (χ2n) is 5.90. The SMILES string of the molecule is CC1OC(C2Cc3c(cnn3-c3ccc(F)cc3)N(C(=O)Cl)C2)O1. The summed E-state index contributed by atoms with van der Waals surface area (Å²) >= 11 is 5.74. The van der Waals surface area contributed by atoms with Crippen molar-refractivity contribution in [2.45, 2.75) is 25.9 Å². The molecule has 0 aliphatic carbocycles. The number of anilines is 1. The van der Waals surface area contributed by atoms with Gasteiger partial charge in [0.1, 0.15) is 5.82 Å². The number of ether oxygens (including phenoxy) is 2. The first-order chi connectivity index (χ1) is 11.5. The Morgan fingerprint density at radius 3 is 2.67 bits per heavy atom. The zero-order valence-electron chi connectivity index (χ0n) is 12.9. The molecule has 0 saturated carbocycles. The van der Waals surface area contributed by atoms with Gasteiger partial charge in [0.05, 0.1) is 23.3 Å². The molecule has 2 aromatic rings. The maximum absolute atomic E-state index is 13.2. The summed E-state index contributed by atoms with van der Waals surface area (Å²) in [7, 11) is 0. The Morgan fingerprint density at radius 1 is 1.33 bits per heavy atom. The van der Waals surface area contributed by atoms with Crippen molar-refractivity contribution in [3.63, 3.8) is 0 Å². The third-order valence-corrected chi connectivity index (χ3v) is 4.53. The first kappa shape index (κ1) is 15.6. The van der Waals surface area contributed by atoms with Crippen molar-refractivity contribution < 1.29 is 18.7 Å². The summed E-state index contributed by atoms with van der Waals surface area (Å²) < 4.78 is 26.0. The number of halogens is 2. The quantitative estimate of drug-likeness (QED) is 0.616. The van der Waals surface area contributed by atoms with Crippen LogP contribution in [0.15, 0.2) is 30.5 Å². The minimum atomic E-state index is -0.577. The van der Waals surface area contributed by atoms with Gasteiger partial charge in [0.15, 0.2) is 12.6 Å². The standard InChI is InChI=1S/C16H15ClFN3O3/c1-9-23-15(24-9)10-6-13-14(20(8-10)16(17)22)7-19-21(13)12-4-2-11(18)3-5-12/h2-5,7,9-10,15H,6,8H2,1H3. The van der Waals surface area contributed by atoms with Gasteiger partial charge < -0.3 is 9.47 Å². The third-order valence-electron chi connectivity index (χ3n) is 4.33. The smallest absolute Gasteiger partial charge is 0.320 e. The summed E-state index contributed by atoms with van der Waals surface area (Å²) in [4.78, 5) is 13.3. The van der Waals surface area contributed by atoms with Crippen LogP contribution in [0.25, 0.3) is 5.69 Å². The van der Waals surface area contributed by atoms with E-state index in [9.17, 15) is 9.18 Å². The summed E-state index contributed by atoms with van der Waals surface area (Å²) in [6, 6.07) is 6.01. The van der Waals surface area contributed by atoms with Crippen LogP contribution >= 0.6 is 11.6 Å². The van der Waals surface area contributed by atoms with Crippen molar-refractivity contribution in [3.8, 4) is 5.69 Å². The molecule has 1 atom stereocenters. The molecule has 6 nitrogen and oxygen atoms in total. The van der Waals surface area contributed by atoms with Crippen LogP contribution in [0.3, 0.4) is 0 Å². The zero-order chi connectivity index (χ0) is 16.8. The van der Waals surface area contributed by atoms with E-state index in [1.165, 1.54) is 17.0 Å². The number of carbonyl (C=O) groups excluding carboxylic acids is 1. The number of benzene rings is 1. The fraction of sp³-hybridized carbons (Fsp3) is 0.375. The van der Waals surface area contributed by atoms with Crippen LogP contribution in [0, 0.1) is 11.7 Å². The summed E-state index contributed by atoms with van der Waals surface area (Å²) in [6.45, 7) is 2.22. The van der Waals surface area contributed by atoms with Gasteiger partial charge in [-0.1, -0.05) is 0 Å².